The lowest BCUT2D eigenvalue weighted by atomic mass is 9.99. The Balaban J connectivity index is 1.14. The Morgan fingerprint density at radius 2 is 1.97 bits per heavy atom. The van der Waals surface area contributed by atoms with Crippen molar-refractivity contribution in [1.29, 1.82) is 0 Å². The number of carbonyl (C=O) groups excluding carboxylic acids is 2. The maximum Gasteiger partial charge on any atom is 0.325 e. The molecule has 0 radical (unpaired) electrons. The van der Waals surface area contributed by atoms with Crippen molar-refractivity contribution < 1.29 is 19.1 Å². The number of piperidine rings is 1. The maximum atomic E-state index is 12.5. The van der Waals surface area contributed by atoms with Crippen molar-refractivity contribution in [2.75, 3.05) is 38.2 Å². The van der Waals surface area contributed by atoms with Gasteiger partial charge >= 0.3 is 6.03 Å². The van der Waals surface area contributed by atoms with Crippen LogP contribution in [0.2, 0.25) is 0 Å². The quantitative estimate of drug-likeness (QED) is 0.628. The number of hydrogen-bond acceptors (Lipinski definition) is 7. The molecule has 8 nitrogen and oxygen atoms in total. The first-order chi connectivity index (χ1) is 15.6. The molecule has 2 aromatic carbocycles. The molecular weight excluding hydrogens is 428 g/mol. The number of imide groups is 1. The summed E-state index contributed by atoms with van der Waals surface area (Å²) in [5, 5.41) is 6.21. The number of nitrogens with zero attached hydrogens (tertiary/aromatic N) is 2. The second kappa shape index (κ2) is 9.13. The first kappa shape index (κ1) is 20.7. The molecule has 3 amide bonds. The molecule has 0 aliphatic carbocycles. The first-order valence-electron chi connectivity index (χ1n) is 10.7. The van der Waals surface area contributed by atoms with Gasteiger partial charge in [0.15, 0.2) is 11.5 Å². The molecule has 2 N–H and O–H groups in total. The van der Waals surface area contributed by atoms with Gasteiger partial charge in [-0.25, -0.2) is 9.78 Å². The van der Waals surface area contributed by atoms with E-state index in [9.17, 15) is 9.59 Å². The number of aromatic nitrogens is 1. The number of para-hydroxylation sites is 1. The van der Waals surface area contributed by atoms with Gasteiger partial charge < -0.3 is 14.8 Å². The van der Waals surface area contributed by atoms with E-state index >= 15 is 0 Å². The number of carbonyl (C=O) groups is 2. The fraction of sp³-hybridized carbons (Fsp3) is 0.348. The molecular formula is C23H24N4O4S. The van der Waals surface area contributed by atoms with Gasteiger partial charge in [0.2, 0.25) is 5.91 Å². The average Bonchev–Trinajstić information content (AvgIpc) is 3.23. The Hall–Kier alpha value is -3.17. The number of likely N-dealkylation sites (tertiary alicyclic amines) is 1. The molecule has 0 spiro atoms. The number of rotatable bonds is 4. The Bertz CT molecular complexity index is 1110. The zero-order valence-corrected chi connectivity index (χ0v) is 18.3. The lowest BCUT2D eigenvalue weighted by molar-refractivity contribution is -0.121. The zero-order valence-electron chi connectivity index (χ0n) is 17.5. The van der Waals surface area contributed by atoms with Crippen LogP contribution >= 0.6 is 11.3 Å². The molecule has 1 fully saturated rings. The fourth-order valence-corrected chi connectivity index (χ4v) is 5.21. The Morgan fingerprint density at radius 1 is 1.12 bits per heavy atom. The number of thiazole rings is 1. The zero-order chi connectivity index (χ0) is 21.9. The highest BCUT2D eigenvalue weighted by atomic mass is 32.1. The van der Waals surface area contributed by atoms with Gasteiger partial charge in [-0.05, 0) is 43.7 Å². The molecule has 1 saturated heterocycles. The highest BCUT2D eigenvalue weighted by Gasteiger charge is 2.25. The van der Waals surface area contributed by atoms with Crippen LogP contribution in [0, 0.1) is 0 Å². The summed E-state index contributed by atoms with van der Waals surface area (Å²) >= 11 is 1.72. The molecule has 1 aromatic heterocycles. The summed E-state index contributed by atoms with van der Waals surface area (Å²) in [6.45, 7) is 2.74. The van der Waals surface area contributed by atoms with Crippen LogP contribution in [-0.2, 0) is 4.79 Å². The molecule has 2 aliphatic rings. The standard InChI is InChI=1S/C23H24N4O4S/c28-21(26-23(29)24-16-7-8-18-19(12-16)31-11-10-30-18)14-27-9-3-4-15(13-27)22-25-17-5-1-2-6-20(17)32-22/h1-2,5-8,12,15H,3-4,9-11,13-14H2,(H2,24,26,28,29). The third-order valence-corrected chi connectivity index (χ3v) is 6.78. The summed E-state index contributed by atoms with van der Waals surface area (Å²) in [6, 6.07) is 12.7. The third kappa shape index (κ3) is 4.68. The molecule has 9 heteroatoms. The van der Waals surface area contributed by atoms with E-state index in [0.29, 0.717) is 36.3 Å². The summed E-state index contributed by atoms with van der Waals surface area (Å²) < 4.78 is 12.2. The molecule has 0 bridgehead atoms. The van der Waals surface area contributed by atoms with Crippen molar-refractivity contribution in [3.63, 3.8) is 0 Å². The van der Waals surface area contributed by atoms with Crippen LogP contribution in [0.3, 0.4) is 0 Å². The first-order valence-corrected chi connectivity index (χ1v) is 11.5. The van der Waals surface area contributed by atoms with E-state index < -0.39 is 6.03 Å². The largest absolute Gasteiger partial charge is 0.486 e. The number of urea groups is 1. The van der Waals surface area contributed by atoms with E-state index in [-0.39, 0.29) is 12.5 Å². The van der Waals surface area contributed by atoms with E-state index in [1.54, 1.807) is 29.5 Å². The molecule has 1 atom stereocenters. The predicted octanol–water partition coefficient (Wildman–Crippen LogP) is 3.60. The van der Waals surface area contributed by atoms with Gasteiger partial charge in [0.25, 0.3) is 0 Å². The number of anilines is 1. The lowest BCUT2D eigenvalue weighted by Crippen LogP contribution is -2.44. The van der Waals surface area contributed by atoms with Crippen LogP contribution in [0.15, 0.2) is 42.5 Å². The van der Waals surface area contributed by atoms with Crippen molar-refractivity contribution in [2.24, 2.45) is 0 Å². The molecule has 166 valence electrons. The Labute approximate surface area is 189 Å². The van der Waals surface area contributed by atoms with Crippen molar-refractivity contribution in [3.8, 4) is 11.5 Å². The van der Waals surface area contributed by atoms with Gasteiger partial charge in [-0.2, -0.15) is 0 Å². The topological polar surface area (TPSA) is 92.8 Å². The minimum Gasteiger partial charge on any atom is -0.486 e. The van der Waals surface area contributed by atoms with Crippen LogP contribution in [-0.4, -0.2) is 54.7 Å². The SMILES string of the molecule is O=C(CN1CCCC(c2nc3ccccc3s2)C1)NC(=O)Nc1ccc2c(c1)OCCO2. The maximum absolute atomic E-state index is 12.5. The molecule has 3 heterocycles. The number of ether oxygens (including phenoxy) is 2. The average molecular weight is 453 g/mol. The van der Waals surface area contributed by atoms with Gasteiger partial charge in [-0.15, -0.1) is 11.3 Å². The summed E-state index contributed by atoms with van der Waals surface area (Å²) in [5.41, 5.74) is 1.56. The van der Waals surface area contributed by atoms with Crippen molar-refractivity contribution in [1.82, 2.24) is 15.2 Å². The second-order valence-electron chi connectivity index (χ2n) is 7.95. The third-order valence-electron chi connectivity index (χ3n) is 5.59. The smallest absolute Gasteiger partial charge is 0.325 e. The van der Waals surface area contributed by atoms with Gasteiger partial charge in [0.05, 0.1) is 21.8 Å². The van der Waals surface area contributed by atoms with Crippen LogP contribution < -0.4 is 20.1 Å². The summed E-state index contributed by atoms with van der Waals surface area (Å²) in [4.78, 5) is 31.6. The van der Waals surface area contributed by atoms with Crippen LogP contribution in [0.25, 0.3) is 10.2 Å². The van der Waals surface area contributed by atoms with E-state index in [1.165, 1.54) is 4.70 Å². The highest BCUT2D eigenvalue weighted by Crippen LogP contribution is 2.33. The Kier molecular flexibility index (Phi) is 5.91. The summed E-state index contributed by atoms with van der Waals surface area (Å²) in [6.07, 6.45) is 2.06. The summed E-state index contributed by atoms with van der Waals surface area (Å²) in [5.74, 6) is 1.20. The van der Waals surface area contributed by atoms with E-state index in [1.807, 2.05) is 18.2 Å². The number of nitrogens with one attached hydrogen (secondary N) is 2. The molecule has 1 unspecified atom stereocenters. The molecule has 32 heavy (non-hydrogen) atoms. The molecule has 3 aromatic rings. The van der Waals surface area contributed by atoms with Gasteiger partial charge in [0, 0.05) is 24.2 Å². The van der Waals surface area contributed by atoms with Crippen LogP contribution in [0.5, 0.6) is 11.5 Å². The van der Waals surface area contributed by atoms with Crippen molar-refractivity contribution >= 4 is 39.2 Å². The molecule has 2 aliphatic heterocycles. The van der Waals surface area contributed by atoms with Crippen LogP contribution in [0.1, 0.15) is 23.8 Å². The van der Waals surface area contributed by atoms with Gasteiger partial charge in [-0.1, -0.05) is 12.1 Å². The van der Waals surface area contributed by atoms with E-state index in [2.05, 4.69) is 21.6 Å². The van der Waals surface area contributed by atoms with Gasteiger partial charge in [-0.3, -0.25) is 15.0 Å². The van der Waals surface area contributed by atoms with Crippen molar-refractivity contribution in [2.45, 2.75) is 18.8 Å². The minimum absolute atomic E-state index is 0.177. The van der Waals surface area contributed by atoms with E-state index in [0.717, 1.165) is 36.5 Å². The molecule has 5 rings (SSSR count). The van der Waals surface area contributed by atoms with Gasteiger partial charge in [0.1, 0.15) is 13.2 Å². The van der Waals surface area contributed by atoms with E-state index in [4.69, 9.17) is 14.5 Å². The molecule has 0 saturated carbocycles. The number of hydrogen-bond donors (Lipinski definition) is 2. The number of fused-ring (bicyclic) bond motifs is 2. The second-order valence-corrected chi connectivity index (χ2v) is 9.02. The monoisotopic (exact) mass is 452 g/mol. The number of amides is 3. The lowest BCUT2D eigenvalue weighted by Gasteiger charge is -2.31. The summed E-state index contributed by atoms with van der Waals surface area (Å²) in [7, 11) is 0. The minimum atomic E-state index is -0.564. The van der Waals surface area contributed by atoms with Crippen LogP contribution in [0.4, 0.5) is 10.5 Å². The normalized spacial score (nSPS) is 18.3. The fourth-order valence-electron chi connectivity index (χ4n) is 4.12. The predicted molar refractivity (Wildman–Crippen MR) is 123 cm³/mol. The highest BCUT2D eigenvalue weighted by molar-refractivity contribution is 7.18. The Morgan fingerprint density at radius 3 is 2.84 bits per heavy atom. The van der Waals surface area contributed by atoms with Crippen molar-refractivity contribution in [3.05, 3.63) is 47.5 Å². The number of benzene rings is 2.